The standard InChI is InChI=1S/C20H34O3/c1-3-5-15-7-11-17(12-8-15)19(21)23-20(22)18-13-9-16(6-4-2)10-14-18/h15-18H,3-14H2,1-2H3. The summed E-state index contributed by atoms with van der Waals surface area (Å²) in [5.74, 6) is 0.968. The van der Waals surface area contributed by atoms with Crippen LogP contribution >= 0.6 is 0 Å². The molecule has 3 heteroatoms. The lowest BCUT2D eigenvalue weighted by atomic mass is 9.79. The lowest BCUT2D eigenvalue weighted by molar-refractivity contribution is -0.167. The molecule has 0 aliphatic heterocycles. The monoisotopic (exact) mass is 322 g/mol. The Morgan fingerprint density at radius 3 is 1.35 bits per heavy atom. The summed E-state index contributed by atoms with van der Waals surface area (Å²) < 4.78 is 5.24. The molecule has 0 unspecified atom stereocenters. The van der Waals surface area contributed by atoms with Gasteiger partial charge < -0.3 is 4.74 Å². The normalized spacial score (nSPS) is 31.6. The SMILES string of the molecule is CCCC1CCC(C(=O)OC(=O)C2CCC(CCC)CC2)CC1. The first-order chi connectivity index (χ1) is 11.1. The van der Waals surface area contributed by atoms with Gasteiger partial charge in [0.15, 0.2) is 0 Å². The maximum absolute atomic E-state index is 12.2. The molecule has 0 N–H and O–H groups in total. The van der Waals surface area contributed by atoms with E-state index in [1.165, 1.54) is 25.7 Å². The molecule has 0 aromatic carbocycles. The van der Waals surface area contributed by atoms with Gasteiger partial charge in [-0.25, -0.2) is 0 Å². The number of rotatable bonds is 6. The predicted molar refractivity (Wildman–Crippen MR) is 91.8 cm³/mol. The first-order valence-electron chi connectivity index (χ1n) is 9.89. The fraction of sp³-hybridized carbons (Fsp3) is 0.900. The number of ether oxygens (including phenoxy) is 1. The second-order valence-corrected chi connectivity index (χ2v) is 7.75. The van der Waals surface area contributed by atoms with Gasteiger partial charge in [-0.2, -0.15) is 0 Å². The van der Waals surface area contributed by atoms with Crippen molar-refractivity contribution >= 4 is 11.9 Å². The molecule has 0 saturated heterocycles. The highest BCUT2D eigenvalue weighted by Gasteiger charge is 2.32. The Morgan fingerprint density at radius 2 is 1.04 bits per heavy atom. The van der Waals surface area contributed by atoms with Gasteiger partial charge in [0.05, 0.1) is 11.8 Å². The van der Waals surface area contributed by atoms with Crippen LogP contribution in [0.1, 0.15) is 90.9 Å². The first kappa shape index (κ1) is 18.5. The summed E-state index contributed by atoms with van der Waals surface area (Å²) in [5, 5.41) is 0. The summed E-state index contributed by atoms with van der Waals surface area (Å²) in [4.78, 5) is 24.5. The average molecular weight is 322 g/mol. The number of hydrogen-bond donors (Lipinski definition) is 0. The molecule has 3 nitrogen and oxygen atoms in total. The van der Waals surface area contributed by atoms with E-state index in [4.69, 9.17) is 4.74 Å². The zero-order valence-corrected chi connectivity index (χ0v) is 15.0. The van der Waals surface area contributed by atoms with Crippen molar-refractivity contribution in [2.45, 2.75) is 90.9 Å². The lowest BCUT2D eigenvalue weighted by Gasteiger charge is -2.29. The van der Waals surface area contributed by atoms with E-state index in [0.717, 1.165) is 63.2 Å². The molecule has 0 aromatic rings. The van der Waals surface area contributed by atoms with Crippen LogP contribution in [0.25, 0.3) is 0 Å². The molecule has 0 aromatic heterocycles. The molecule has 132 valence electrons. The molecule has 0 atom stereocenters. The van der Waals surface area contributed by atoms with Crippen LogP contribution in [-0.4, -0.2) is 11.9 Å². The minimum atomic E-state index is -0.249. The Bertz CT molecular complexity index is 338. The predicted octanol–water partition coefficient (Wildman–Crippen LogP) is 5.27. The third-order valence-electron chi connectivity index (χ3n) is 5.96. The van der Waals surface area contributed by atoms with Crippen LogP contribution in [-0.2, 0) is 14.3 Å². The van der Waals surface area contributed by atoms with E-state index in [1.807, 2.05) is 0 Å². The summed E-state index contributed by atoms with van der Waals surface area (Å²) in [6.45, 7) is 4.43. The van der Waals surface area contributed by atoms with Gasteiger partial charge in [0.2, 0.25) is 0 Å². The van der Waals surface area contributed by atoms with E-state index >= 15 is 0 Å². The summed E-state index contributed by atoms with van der Waals surface area (Å²) in [6.07, 6.45) is 13.0. The zero-order valence-electron chi connectivity index (χ0n) is 15.0. The third kappa shape index (κ3) is 5.61. The zero-order chi connectivity index (χ0) is 16.7. The highest BCUT2D eigenvalue weighted by Crippen LogP contribution is 2.34. The molecule has 23 heavy (non-hydrogen) atoms. The van der Waals surface area contributed by atoms with E-state index in [-0.39, 0.29) is 23.8 Å². The van der Waals surface area contributed by atoms with Gasteiger partial charge in [0, 0.05) is 0 Å². The molecule has 2 saturated carbocycles. The second kappa shape index (κ2) is 9.44. The van der Waals surface area contributed by atoms with E-state index < -0.39 is 0 Å². The summed E-state index contributed by atoms with van der Waals surface area (Å²) in [5.41, 5.74) is 0. The molecule has 0 spiro atoms. The van der Waals surface area contributed by atoms with Crippen LogP contribution in [0.4, 0.5) is 0 Å². The Labute approximate surface area is 141 Å². The fourth-order valence-corrected chi connectivity index (χ4v) is 4.46. The van der Waals surface area contributed by atoms with Gasteiger partial charge in [-0.1, -0.05) is 39.5 Å². The van der Waals surface area contributed by atoms with Crippen LogP contribution in [0.3, 0.4) is 0 Å². The molecule has 0 bridgehead atoms. The number of hydrogen-bond acceptors (Lipinski definition) is 3. The molecule has 2 fully saturated rings. The van der Waals surface area contributed by atoms with E-state index in [0.29, 0.717) is 0 Å². The molecular weight excluding hydrogens is 288 g/mol. The highest BCUT2D eigenvalue weighted by atomic mass is 16.6. The summed E-state index contributed by atoms with van der Waals surface area (Å²) in [6, 6.07) is 0. The van der Waals surface area contributed by atoms with Crippen LogP contribution in [0.5, 0.6) is 0 Å². The van der Waals surface area contributed by atoms with Gasteiger partial charge in [-0.3, -0.25) is 9.59 Å². The second-order valence-electron chi connectivity index (χ2n) is 7.75. The van der Waals surface area contributed by atoms with Crippen molar-refractivity contribution in [3.8, 4) is 0 Å². The fourth-order valence-electron chi connectivity index (χ4n) is 4.46. The number of esters is 2. The summed E-state index contributed by atoms with van der Waals surface area (Å²) in [7, 11) is 0. The smallest absolute Gasteiger partial charge is 0.316 e. The van der Waals surface area contributed by atoms with Crippen LogP contribution in [0.15, 0.2) is 0 Å². The van der Waals surface area contributed by atoms with Gasteiger partial charge in [-0.15, -0.1) is 0 Å². The average Bonchev–Trinajstić information content (AvgIpc) is 2.56. The van der Waals surface area contributed by atoms with Crippen molar-refractivity contribution in [2.24, 2.45) is 23.7 Å². The van der Waals surface area contributed by atoms with Crippen molar-refractivity contribution in [1.29, 1.82) is 0 Å². The molecule has 2 aliphatic carbocycles. The molecular formula is C20H34O3. The van der Waals surface area contributed by atoms with Crippen molar-refractivity contribution in [3.05, 3.63) is 0 Å². The minimum Gasteiger partial charge on any atom is -0.393 e. The van der Waals surface area contributed by atoms with E-state index in [9.17, 15) is 9.59 Å². The first-order valence-corrected chi connectivity index (χ1v) is 9.89. The number of carbonyl (C=O) groups is 2. The third-order valence-corrected chi connectivity index (χ3v) is 5.96. The molecule has 0 amide bonds. The Morgan fingerprint density at radius 1 is 0.696 bits per heavy atom. The molecule has 2 aliphatic rings. The van der Waals surface area contributed by atoms with Crippen LogP contribution in [0, 0.1) is 23.7 Å². The summed E-state index contributed by atoms with van der Waals surface area (Å²) >= 11 is 0. The van der Waals surface area contributed by atoms with Gasteiger partial charge in [0.25, 0.3) is 0 Å². The largest absolute Gasteiger partial charge is 0.393 e. The topological polar surface area (TPSA) is 43.4 Å². The van der Waals surface area contributed by atoms with Gasteiger partial charge in [-0.05, 0) is 63.2 Å². The van der Waals surface area contributed by atoms with Gasteiger partial charge in [0.1, 0.15) is 0 Å². The van der Waals surface area contributed by atoms with Crippen LogP contribution in [0.2, 0.25) is 0 Å². The van der Waals surface area contributed by atoms with Crippen molar-refractivity contribution in [3.63, 3.8) is 0 Å². The Balaban J connectivity index is 1.70. The molecule has 2 rings (SSSR count). The minimum absolute atomic E-state index is 0.0384. The van der Waals surface area contributed by atoms with Gasteiger partial charge >= 0.3 is 11.9 Å². The van der Waals surface area contributed by atoms with Crippen molar-refractivity contribution in [1.82, 2.24) is 0 Å². The number of carbonyl (C=O) groups excluding carboxylic acids is 2. The van der Waals surface area contributed by atoms with Crippen LogP contribution < -0.4 is 0 Å². The van der Waals surface area contributed by atoms with E-state index in [1.54, 1.807) is 0 Å². The quantitative estimate of drug-likeness (QED) is 0.494. The molecule has 0 heterocycles. The van der Waals surface area contributed by atoms with Crippen molar-refractivity contribution in [2.75, 3.05) is 0 Å². The Kier molecular flexibility index (Phi) is 7.58. The maximum atomic E-state index is 12.2. The van der Waals surface area contributed by atoms with E-state index in [2.05, 4.69) is 13.8 Å². The Hall–Kier alpha value is -0.860. The van der Waals surface area contributed by atoms with Crippen molar-refractivity contribution < 1.29 is 14.3 Å². The maximum Gasteiger partial charge on any atom is 0.316 e. The highest BCUT2D eigenvalue weighted by molar-refractivity contribution is 5.88. The lowest BCUT2D eigenvalue weighted by Crippen LogP contribution is -2.30. The molecule has 0 radical (unpaired) electrons.